The summed E-state index contributed by atoms with van der Waals surface area (Å²) in [6.45, 7) is 1.16. The van der Waals surface area contributed by atoms with Gasteiger partial charge in [-0.05, 0) is 19.1 Å². The number of nitriles is 1. The molecule has 0 spiro atoms. The van der Waals surface area contributed by atoms with Crippen LogP contribution in [0.15, 0.2) is 24.4 Å². The zero-order chi connectivity index (χ0) is 23.0. The lowest BCUT2D eigenvalue weighted by Gasteiger charge is -2.21. The van der Waals surface area contributed by atoms with Crippen molar-refractivity contribution in [3.8, 4) is 11.8 Å². The van der Waals surface area contributed by atoms with E-state index in [0.717, 1.165) is 0 Å². The van der Waals surface area contributed by atoms with Crippen LogP contribution in [0.5, 0.6) is 5.75 Å². The van der Waals surface area contributed by atoms with E-state index in [0.29, 0.717) is 22.6 Å². The van der Waals surface area contributed by atoms with Gasteiger partial charge in [0.25, 0.3) is 17.7 Å². The molecule has 1 atom stereocenters. The molecule has 1 fully saturated rings. The monoisotopic (exact) mass is 442 g/mol. The first-order chi connectivity index (χ1) is 15.2. The molecule has 0 radical (unpaired) electrons. The summed E-state index contributed by atoms with van der Waals surface area (Å²) in [6, 6.07) is 5.65. The number of ether oxygens (including phenoxy) is 1. The lowest BCUT2D eigenvalue weighted by atomic mass is 10.2. The van der Waals surface area contributed by atoms with E-state index in [4.69, 9.17) is 10.00 Å². The van der Waals surface area contributed by atoms with Gasteiger partial charge < -0.3 is 19.9 Å². The van der Waals surface area contributed by atoms with E-state index < -0.39 is 30.3 Å². The van der Waals surface area contributed by atoms with Gasteiger partial charge in [0.2, 0.25) is 5.82 Å². The average Bonchev–Trinajstić information content (AvgIpc) is 3.09. The van der Waals surface area contributed by atoms with Crippen LogP contribution in [0.3, 0.4) is 0 Å². The summed E-state index contributed by atoms with van der Waals surface area (Å²) in [6.07, 6.45) is 1.11. The second-order valence-electron chi connectivity index (χ2n) is 7.76. The highest BCUT2D eigenvalue weighted by Crippen LogP contribution is 2.32. The Kier molecular flexibility index (Phi) is 5.38. The summed E-state index contributed by atoms with van der Waals surface area (Å²) in [4.78, 5) is 36.6. The van der Waals surface area contributed by atoms with Gasteiger partial charge in [0, 0.05) is 37.8 Å². The predicted octanol–water partition coefficient (Wildman–Crippen LogP) is 1.66. The number of halogens is 2. The van der Waals surface area contributed by atoms with Gasteiger partial charge in [0.05, 0.1) is 23.9 Å². The van der Waals surface area contributed by atoms with E-state index in [1.807, 2.05) is 6.07 Å². The van der Waals surface area contributed by atoms with Crippen LogP contribution in [0, 0.1) is 18.3 Å². The molecule has 9 nitrogen and oxygen atoms in total. The van der Waals surface area contributed by atoms with E-state index in [9.17, 15) is 18.4 Å². The molecule has 1 N–H and O–H groups in total. The molecule has 2 aliphatic rings. The highest BCUT2D eigenvalue weighted by Gasteiger charge is 2.39. The van der Waals surface area contributed by atoms with Crippen molar-refractivity contribution in [3.05, 3.63) is 41.3 Å². The Balaban J connectivity index is 1.52. The molecular formula is C21H20F2N6O3. The maximum atomic E-state index is 13.6. The minimum atomic E-state index is -2.81. The van der Waals surface area contributed by atoms with Crippen LogP contribution in [-0.2, 0) is 4.79 Å². The zero-order valence-electron chi connectivity index (χ0n) is 17.4. The third-order valence-corrected chi connectivity index (χ3v) is 5.41. The van der Waals surface area contributed by atoms with Crippen LogP contribution in [0.1, 0.15) is 28.2 Å². The van der Waals surface area contributed by atoms with E-state index in [-0.39, 0.29) is 31.2 Å². The number of anilines is 2. The molecule has 2 aliphatic heterocycles. The summed E-state index contributed by atoms with van der Waals surface area (Å²) in [7, 11) is 1.54. The number of aryl methyl sites for hydroxylation is 1. The first-order valence-corrected chi connectivity index (χ1v) is 9.90. The number of likely N-dealkylation sites (N-methyl/N-ethyl adjacent to an activating group) is 1. The fourth-order valence-electron chi connectivity index (χ4n) is 3.68. The fraction of sp³-hybridized carbons (Fsp3) is 0.381. The normalized spacial score (nSPS) is 19.6. The molecule has 2 amide bonds. The summed E-state index contributed by atoms with van der Waals surface area (Å²) in [5.41, 5.74) is 1.41. The van der Waals surface area contributed by atoms with Gasteiger partial charge in [-0.1, -0.05) is 0 Å². The van der Waals surface area contributed by atoms with E-state index in [1.54, 1.807) is 19.1 Å². The highest BCUT2D eigenvalue weighted by molar-refractivity contribution is 6.02. The van der Waals surface area contributed by atoms with Gasteiger partial charge in [0.15, 0.2) is 0 Å². The summed E-state index contributed by atoms with van der Waals surface area (Å²) >= 11 is 0. The topological polar surface area (TPSA) is 111 Å². The molecule has 11 heteroatoms. The first-order valence-electron chi connectivity index (χ1n) is 9.90. The molecule has 3 heterocycles. The molecule has 0 aliphatic carbocycles. The summed E-state index contributed by atoms with van der Waals surface area (Å²) in [5.74, 6) is -3.58. The standard InChI is InChI=1S/C21H20F2N6O3/c1-12-9-25-17(27-18(12)29-6-5-21(22,23)11-29)19(30)26-14-10-32-16-7-13(8-24)3-4-15(16)28(2)20(14)31/h3-4,7,9,14H,5-6,10-11H2,1-2H3,(H,26,30)/t14-/m0/s1. The number of aromatic nitrogens is 2. The number of fused-ring (bicyclic) bond motifs is 1. The van der Waals surface area contributed by atoms with Crippen molar-refractivity contribution < 1.29 is 23.1 Å². The van der Waals surface area contributed by atoms with Gasteiger partial charge >= 0.3 is 0 Å². The van der Waals surface area contributed by atoms with Crippen molar-refractivity contribution >= 4 is 23.3 Å². The molecule has 32 heavy (non-hydrogen) atoms. The van der Waals surface area contributed by atoms with Crippen molar-refractivity contribution in [1.29, 1.82) is 5.26 Å². The average molecular weight is 442 g/mol. The molecule has 1 aromatic carbocycles. The number of alkyl halides is 2. The first kappa shape index (κ1) is 21.4. The Labute approximate surface area is 182 Å². The van der Waals surface area contributed by atoms with Crippen LogP contribution in [0.2, 0.25) is 0 Å². The highest BCUT2D eigenvalue weighted by atomic mass is 19.3. The van der Waals surface area contributed by atoms with Crippen LogP contribution in [0.25, 0.3) is 0 Å². The minimum absolute atomic E-state index is 0.120. The van der Waals surface area contributed by atoms with Crippen molar-refractivity contribution in [2.75, 3.05) is 36.5 Å². The molecule has 0 saturated carbocycles. The Hall–Kier alpha value is -3.81. The number of hydrogen-bond donors (Lipinski definition) is 1. The van der Waals surface area contributed by atoms with Gasteiger partial charge in [0.1, 0.15) is 24.2 Å². The van der Waals surface area contributed by atoms with Crippen LogP contribution in [0.4, 0.5) is 20.3 Å². The number of hydrogen-bond acceptors (Lipinski definition) is 7. The summed E-state index contributed by atoms with van der Waals surface area (Å²) in [5, 5.41) is 11.6. The Bertz CT molecular complexity index is 1130. The van der Waals surface area contributed by atoms with Gasteiger partial charge in [-0.3, -0.25) is 9.59 Å². The Morgan fingerprint density at radius 1 is 1.41 bits per heavy atom. The predicted molar refractivity (Wildman–Crippen MR) is 110 cm³/mol. The lowest BCUT2D eigenvalue weighted by Crippen LogP contribution is -2.49. The summed E-state index contributed by atoms with van der Waals surface area (Å²) < 4.78 is 32.9. The number of nitrogens with one attached hydrogen (secondary N) is 1. The zero-order valence-corrected chi connectivity index (χ0v) is 17.4. The van der Waals surface area contributed by atoms with Crippen LogP contribution >= 0.6 is 0 Å². The second-order valence-corrected chi connectivity index (χ2v) is 7.76. The van der Waals surface area contributed by atoms with E-state index >= 15 is 0 Å². The second kappa shape index (κ2) is 8.03. The van der Waals surface area contributed by atoms with Crippen molar-refractivity contribution in [2.24, 2.45) is 0 Å². The quantitative estimate of drug-likeness (QED) is 0.769. The maximum absolute atomic E-state index is 13.6. The maximum Gasteiger partial charge on any atom is 0.289 e. The molecular weight excluding hydrogens is 422 g/mol. The van der Waals surface area contributed by atoms with Gasteiger partial charge in [-0.2, -0.15) is 5.26 Å². The van der Waals surface area contributed by atoms with Crippen molar-refractivity contribution in [3.63, 3.8) is 0 Å². The molecule has 2 aromatic rings. The number of benzene rings is 1. The van der Waals surface area contributed by atoms with Gasteiger partial charge in [-0.25, -0.2) is 18.7 Å². The number of amides is 2. The molecule has 0 unspecified atom stereocenters. The molecule has 1 aromatic heterocycles. The van der Waals surface area contributed by atoms with Crippen molar-refractivity contribution in [2.45, 2.75) is 25.3 Å². The van der Waals surface area contributed by atoms with E-state index in [2.05, 4.69) is 15.3 Å². The van der Waals surface area contributed by atoms with Crippen LogP contribution in [-0.4, -0.2) is 60.5 Å². The lowest BCUT2D eigenvalue weighted by molar-refractivity contribution is -0.120. The number of carbonyl (C=O) groups excluding carboxylic acids is 2. The number of nitrogens with zero attached hydrogens (tertiary/aromatic N) is 5. The molecule has 0 bridgehead atoms. The Morgan fingerprint density at radius 3 is 2.88 bits per heavy atom. The molecule has 166 valence electrons. The third-order valence-electron chi connectivity index (χ3n) is 5.41. The third kappa shape index (κ3) is 4.03. The van der Waals surface area contributed by atoms with Crippen molar-refractivity contribution in [1.82, 2.24) is 15.3 Å². The fourth-order valence-corrected chi connectivity index (χ4v) is 3.68. The van der Waals surface area contributed by atoms with Crippen LogP contribution < -0.4 is 19.9 Å². The Morgan fingerprint density at radius 2 is 2.19 bits per heavy atom. The molecule has 4 rings (SSSR count). The smallest absolute Gasteiger partial charge is 0.289 e. The minimum Gasteiger partial charge on any atom is -0.489 e. The molecule has 1 saturated heterocycles. The van der Waals surface area contributed by atoms with E-state index in [1.165, 1.54) is 29.1 Å². The number of carbonyl (C=O) groups is 2. The largest absolute Gasteiger partial charge is 0.489 e. The van der Waals surface area contributed by atoms with Gasteiger partial charge in [-0.15, -0.1) is 0 Å². The SMILES string of the molecule is Cc1cnc(C(=O)N[C@H]2COc3cc(C#N)ccc3N(C)C2=O)nc1N1CCC(F)(F)C1. The number of rotatable bonds is 3.